The quantitative estimate of drug-likeness (QED) is 0.372. The molecule has 1 fully saturated rings. The number of hydrogen-bond acceptors (Lipinski definition) is 5. The highest BCUT2D eigenvalue weighted by Crippen LogP contribution is 2.33. The number of nitrogens with zero attached hydrogens (tertiary/aromatic N) is 2. The van der Waals surface area contributed by atoms with Gasteiger partial charge in [-0.25, -0.2) is 4.98 Å². The fraction of sp³-hybridized carbons (Fsp3) is 0.346. The lowest BCUT2D eigenvalue weighted by molar-refractivity contribution is -0.120. The zero-order valence-corrected chi connectivity index (χ0v) is 19.4. The predicted molar refractivity (Wildman–Crippen MR) is 132 cm³/mol. The van der Waals surface area contributed by atoms with Gasteiger partial charge in [-0.1, -0.05) is 50.3 Å². The van der Waals surface area contributed by atoms with Gasteiger partial charge in [-0.2, -0.15) is 0 Å². The third kappa shape index (κ3) is 4.64. The van der Waals surface area contributed by atoms with Crippen molar-refractivity contribution in [3.05, 3.63) is 70.1 Å². The van der Waals surface area contributed by atoms with Gasteiger partial charge in [0, 0.05) is 34.3 Å². The summed E-state index contributed by atoms with van der Waals surface area (Å²) >= 11 is 1.38. The number of furan rings is 1. The summed E-state index contributed by atoms with van der Waals surface area (Å²) in [6.07, 6.45) is 8.14. The van der Waals surface area contributed by atoms with Crippen LogP contribution in [-0.4, -0.2) is 15.5 Å². The Balaban J connectivity index is 1.50. The molecule has 1 unspecified atom stereocenters. The SMILES string of the molecule is Cc1cc(-c2cc3ccccc3o2)cc(=O)n1C(CC1CCCCC1)C(=O)Nc1nccs1. The molecule has 4 aromatic rings. The summed E-state index contributed by atoms with van der Waals surface area (Å²) in [6, 6.07) is 12.7. The molecule has 1 N–H and O–H groups in total. The Kier molecular flexibility index (Phi) is 6.13. The van der Waals surface area contributed by atoms with Crippen LogP contribution < -0.4 is 10.9 Å². The van der Waals surface area contributed by atoms with Gasteiger partial charge in [0.05, 0.1) is 0 Å². The van der Waals surface area contributed by atoms with Crippen LogP contribution in [0.1, 0.15) is 50.3 Å². The molecule has 1 atom stereocenters. The first-order chi connectivity index (χ1) is 16.1. The van der Waals surface area contributed by atoms with Crippen molar-refractivity contribution in [1.82, 2.24) is 9.55 Å². The molecule has 0 radical (unpaired) electrons. The van der Waals surface area contributed by atoms with Crippen molar-refractivity contribution >= 4 is 33.3 Å². The van der Waals surface area contributed by atoms with Crippen LogP contribution in [0, 0.1) is 12.8 Å². The van der Waals surface area contributed by atoms with Crippen molar-refractivity contribution in [2.75, 3.05) is 5.32 Å². The van der Waals surface area contributed by atoms with Crippen LogP contribution in [0.5, 0.6) is 0 Å². The molecule has 1 amide bonds. The lowest BCUT2D eigenvalue weighted by Gasteiger charge is -2.28. The van der Waals surface area contributed by atoms with Gasteiger partial charge >= 0.3 is 0 Å². The van der Waals surface area contributed by atoms with Gasteiger partial charge in [0.15, 0.2) is 5.13 Å². The van der Waals surface area contributed by atoms with Crippen LogP contribution in [0.3, 0.4) is 0 Å². The van der Waals surface area contributed by atoms with E-state index in [1.165, 1.54) is 30.6 Å². The van der Waals surface area contributed by atoms with E-state index >= 15 is 0 Å². The number of carbonyl (C=O) groups excluding carboxylic acids is 1. The monoisotopic (exact) mass is 461 g/mol. The number of benzene rings is 1. The van der Waals surface area contributed by atoms with Gasteiger partial charge in [0.2, 0.25) is 5.91 Å². The maximum absolute atomic E-state index is 13.4. The molecule has 6 nitrogen and oxygen atoms in total. The molecule has 0 aliphatic heterocycles. The first-order valence-corrected chi connectivity index (χ1v) is 12.4. The highest BCUT2D eigenvalue weighted by atomic mass is 32.1. The van der Waals surface area contributed by atoms with Gasteiger partial charge in [0.1, 0.15) is 17.4 Å². The molecule has 1 aromatic carbocycles. The van der Waals surface area contributed by atoms with Crippen LogP contribution in [0.2, 0.25) is 0 Å². The van der Waals surface area contributed by atoms with Gasteiger partial charge in [-0.3, -0.25) is 9.59 Å². The molecule has 3 aromatic heterocycles. The Bertz CT molecular complexity index is 1280. The smallest absolute Gasteiger partial charge is 0.252 e. The Morgan fingerprint density at radius 3 is 2.76 bits per heavy atom. The average Bonchev–Trinajstić information content (AvgIpc) is 3.48. The highest BCUT2D eigenvalue weighted by molar-refractivity contribution is 7.13. The molecule has 170 valence electrons. The average molecular weight is 462 g/mol. The molecule has 3 heterocycles. The second-order valence-electron chi connectivity index (χ2n) is 8.82. The number of anilines is 1. The third-order valence-electron chi connectivity index (χ3n) is 6.53. The molecule has 33 heavy (non-hydrogen) atoms. The van der Waals surface area contributed by atoms with Gasteiger partial charge in [-0.15, -0.1) is 11.3 Å². The summed E-state index contributed by atoms with van der Waals surface area (Å²) in [5.74, 6) is 0.906. The number of fused-ring (bicyclic) bond motifs is 1. The predicted octanol–water partition coefficient (Wildman–Crippen LogP) is 6.18. The van der Waals surface area contributed by atoms with E-state index in [-0.39, 0.29) is 11.5 Å². The number of hydrogen-bond donors (Lipinski definition) is 1. The second kappa shape index (κ2) is 9.35. The summed E-state index contributed by atoms with van der Waals surface area (Å²) in [4.78, 5) is 30.9. The summed E-state index contributed by atoms with van der Waals surface area (Å²) < 4.78 is 7.61. The van der Waals surface area contributed by atoms with E-state index in [1.807, 2.05) is 48.7 Å². The lowest BCUT2D eigenvalue weighted by Crippen LogP contribution is -2.36. The molecule has 5 rings (SSSR count). The van der Waals surface area contributed by atoms with Crippen molar-refractivity contribution in [2.45, 2.75) is 51.5 Å². The Hall–Kier alpha value is -3.19. The standard InChI is InChI=1S/C26H27N3O3S/c1-17-13-20(23-15-19-9-5-6-10-22(19)32-23)16-24(30)29(17)21(14-18-7-3-2-4-8-18)25(31)28-26-27-11-12-33-26/h5-6,9-13,15-16,18,21H,2-4,7-8,14H2,1H3,(H,27,28,31). The first-order valence-electron chi connectivity index (χ1n) is 11.5. The van der Waals surface area contributed by atoms with E-state index < -0.39 is 6.04 Å². The fourth-order valence-corrected chi connectivity index (χ4v) is 5.45. The largest absolute Gasteiger partial charge is 0.456 e. The van der Waals surface area contributed by atoms with Crippen LogP contribution in [0.25, 0.3) is 22.3 Å². The minimum atomic E-state index is -0.575. The molecule has 1 aliphatic carbocycles. The van der Waals surface area contributed by atoms with Crippen LogP contribution in [-0.2, 0) is 4.79 Å². The van der Waals surface area contributed by atoms with Crippen molar-refractivity contribution in [3.8, 4) is 11.3 Å². The molecule has 7 heteroatoms. The number of rotatable bonds is 6. The second-order valence-corrected chi connectivity index (χ2v) is 9.72. The van der Waals surface area contributed by atoms with Crippen molar-refractivity contribution in [1.29, 1.82) is 0 Å². The van der Waals surface area contributed by atoms with E-state index in [1.54, 1.807) is 16.8 Å². The summed E-state index contributed by atoms with van der Waals surface area (Å²) in [6.45, 7) is 1.89. The van der Waals surface area contributed by atoms with E-state index in [2.05, 4.69) is 10.3 Å². The maximum atomic E-state index is 13.4. The fourth-order valence-electron chi connectivity index (χ4n) is 4.92. The van der Waals surface area contributed by atoms with Crippen LogP contribution in [0.15, 0.2) is 63.3 Å². The van der Waals surface area contributed by atoms with Crippen molar-refractivity contribution in [2.24, 2.45) is 5.92 Å². The zero-order valence-electron chi connectivity index (χ0n) is 18.6. The first kappa shape index (κ1) is 21.6. The van der Waals surface area contributed by atoms with E-state index in [9.17, 15) is 9.59 Å². The highest BCUT2D eigenvalue weighted by Gasteiger charge is 2.28. The minimum absolute atomic E-state index is 0.183. The summed E-state index contributed by atoms with van der Waals surface area (Å²) in [7, 11) is 0. The Morgan fingerprint density at radius 1 is 1.21 bits per heavy atom. The minimum Gasteiger partial charge on any atom is -0.456 e. The molecule has 0 bridgehead atoms. The Labute approximate surface area is 196 Å². The van der Waals surface area contributed by atoms with E-state index in [0.29, 0.717) is 23.2 Å². The number of nitrogens with one attached hydrogen (secondary N) is 1. The molecular formula is C26H27N3O3S. The van der Waals surface area contributed by atoms with Gasteiger partial charge < -0.3 is 14.3 Å². The molecule has 0 saturated heterocycles. The molecule has 0 spiro atoms. The number of amides is 1. The number of aryl methyl sites for hydroxylation is 1. The molecule has 1 aliphatic rings. The van der Waals surface area contributed by atoms with Gasteiger partial charge in [0.25, 0.3) is 5.56 Å². The van der Waals surface area contributed by atoms with Gasteiger partial charge in [-0.05, 0) is 37.5 Å². The summed E-state index contributed by atoms with van der Waals surface area (Å²) in [5, 5.41) is 6.29. The Morgan fingerprint density at radius 2 is 2.03 bits per heavy atom. The number of thiazole rings is 1. The summed E-state index contributed by atoms with van der Waals surface area (Å²) in [5.41, 5.74) is 2.06. The number of para-hydroxylation sites is 1. The van der Waals surface area contributed by atoms with Crippen molar-refractivity contribution < 1.29 is 9.21 Å². The molecule has 1 saturated carbocycles. The number of aromatic nitrogens is 2. The zero-order chi connectivity index (χ0) is 22.8. The number of pyridine rings is 1. The van der Waals surface area contributed by atoms with E-state index in [0.717, 1.165) is 35.1 Å². The normalized spacial score (nSPS) is 15.5. The van der Waals surface area contributed by atoms with Crippen molar-refractivity contribution in [3.63, 3.8) is 0 Å². The maximum Gasteiger partial charge on any atom is 0.252 e. The van der Waals surface area contributed by atoms with E-state index in [4.69, 9.17) is 4.42 Å². The molecular weight excluding hydrogens is 434 g/mol. The topological polar surface area (TPSA) is 77.1 Å². The lowest BCUT2D eigenvalue weighted by atomic mass is 9.84. The third-order valence-corrected chi connectivity index (χ3v) is 7.22. The van der Waals surface area contributed by atoms with Crippen LogP contribution in [0.4, 0.5) is 5.13 Å². The van der Waals surface area contributed by atoms with Crippen LogP contribution >= 0.6 is 11.3 Å². The number of carbonyl (C=O) groups is 1.